The fraction of sp³-hybridized carbons (Fsp3) is 0.0370. The molecule has 5 nitrogen and oxygen atoms in total. The van der Waals surface area contributed by atoms with Gasteiger partial charge in [-0.15, -0.1) is 11.3 Å². The van der Waals surface area contributed by atoms with Crippen molar-refractivity contribution in [2.75, 3.05) is 4.90 Å². The number of hydrogen-bond donors (Lipinski definition) is 0. The first-order valence-electron chi connectivity index (χ1n) is 10.9. The van der Waals surface area contributed by atoms with E-state index in [-0.39, 0.29) is 5.91 Å². The van der Waals surface area contributed by atoms with Gasteiger partial charge in [-0.3, -0.25) is 14.7 Å². The summed E-state index contributed by atoms with van der Waals surface area (Å²) in [6.07, 6.45) is 1.74. The van der Waals surface area contributed by atoms with Crippen LogP contribution in [0.1, 0.15) is 16.1 Å². The van der Waals surface area contributed by atoms with Crippen LogP contribution in [0.15, 0.2) is 94.9 Å². The van der Waals surface area contributed by atoms with Gasteiger partial charge in [0.2, 0.25) is 0 Å². The zero-order chi connectivity index (χ0) is 23.8. The zero-order valence-electron chi connectivity index (χ0n) is 18.3. The molecule has 0 spiro atoms. The summed E-state index contributed by atoms with van der Waals surface area (Å²) in [6, 6.07) is 25.3. The lowest BCUT2D eigenvalue weighted by atomic mass is 10.1. The second kappa shape index (κ2) is 9.30. The number of rotatable bonds is 5. The van der Waals surface area contributed by atoms with Gasteiger partial charge >= 0.3 is 0 Å². The van der Waals surface area contributed by atoms with Crippen molar-refractivity contribution in [3.63, 3.8) is 0 Å². The van der Waals surface area contributed by atoms with E-state index >= 15 is 0 Å². The standard InChI is InChI=1S/C27H17BrN4OS2/c28-17-10-11-22-25(14-17)35-27(31-22)32(16-18-6-3-4-12-29-18)26(33)20-15-23(24-9-5-13-34-24)30-21-8-2-1-7-19(20)21/h1-15H,16H2. The summed E-state index contributed by atoms with van der Waals surface area (Å²) in [5.74, 6) is -0.134. The lowest BCUT2D eigenvalue weighted by molar-refractivity contribution is 0.0986. The molecule has 0 atom stereocenters. The number of amides is 1. The average Bonchev–Trinajstić information content (AvgIpc) is 3.57. The molecule has 0 saturated heterocycles. The highest BCUT2D eigenvalue weighted by atomic mass is 79.9. The van der Waals surface area contributed by atoms with Crippen LogP contribution in [0.3, 0.4) is 0 Å². The number of fused-ring (bicyclic) bond motifs is 2. The lowest BCUT2D eigenvalue weighted by Gasteiger charge is -2.21. The predicted octanol–water partition coefficient (Wildman–Crippen LogP) is 7.58. The van der Waals surface area contributed by atoms with Crippen molar-refractivity contribution in [2.24, 2.45) is 0 Å². The number of thiazole rings is 1. The molecule has 0 aliphatic carbocycles. The molecule has 0 saturated carbocycles. The number of pyridine rings is 2. The van der Waals surface area contributed by atoms with Gasteiger partial charge in [0.1, 0.15) is 0 Å². The van der Waals surface area contributed by atoms with Crippen molar-refractivity contribution < 1.29 is 4.79 Å². The highest BCUT2D eigenvalue weighted by Gasteiger charge is 2.25. The van der Waals surface area contributed by atoms with Crippen molar-refractivity contribution >= 4 is 70.8 Å². The fourth-order valence-corrected chi connectivity index (χ4v) is 6.13. The summed E-state index contributed by atoms with van der Waals surface area (Å²) in [4.78, 5) is 31.1. The van der Waals surface area contributed by atoms with Crippen LogP contribution >= 0.6 is 38.6 Å². The van der Waals surface area contributed by atoms with Crippen molar-refractivity contribution in [3.05, 3.63) is 106 Å². The van der Waals surface area contributed by atoms with E-state index < -0.39 is 0 Å². The molecule has 0 aliphatic rings. The Morgan fingerprint density at radius 3 is 2.63 bits per heavy atom. The second-order valence-electron chi connectivity index (χ2n) is 7.87. The normalized spacial score (nSPS) is 11.2. The Hall–Kier alpha value is -3.46. The minimum absolute atomic E-state index is 0.134. The van der Waals surface area contributed by atoms with Crippen molar-refractivity contribution in [3.8, 4) is 10.6 Å². The van der Waals surface area contributed by atoms with E-state index in [1.54, 1.807) is 22.4 Å². The molecule has 0 bridgehead atoms. The number of para-hydroxylation sites is 1. The first kappa shape index (κ1) is 22.0. The largest absolute Gasteiger partial charge is 0.278 e. The summed E-state index contributed by atoms with van der Waals surface area (Å²) < 4.78 is 1.98. The maximum atomic E-state index is 14.3. The summed E-state index contributed by atoms with van der Waals surface area (Å²) in [5.41, 5.74) is 3.81. The third kappa shape index (κ3) is 4.36. The Labute approximate surface area is 217 Å². The molecule has 170 valence electrons. The van der Waals surface area contributed by atoms with E-state index in [1.807, 2.05) is 84.2 Å². The van der Waals surface area contributed by atoms with Crippen LogP contribution in [-0.4, -0.2) is 20.9 Å². The van der Waals surface area contributed by atoms with Gasteiger partial charge in [0.05, 0.1) is 44.1 Å². The number of carbonyl (C=O) groups is 1. The van der Waals surface area contributed by atoms with E-state index in [2.05, 4.69) is 20.9 Å². The number of anilines is 1. The lowest BCUT2D eigenvalue weighted by Crippen LogP contribution is -2.31. The number of thiophene rings is 1. The van der Waals surface area contributed by atoms with Gasteiger partial charge in [-0.05, 0) is 53.9 Å². The molecule has 0 N–H and O–H groups in total. The van der Waals surface area contributed by atoms with E-state index in [4.69, 9.17) is 9.97 Å². The van der Waals surface area contributed by atoms with Crippen LogP contribution < -0.4 is 4.90 Å². The van der Waals surface area contributed by atoms with Gasteiger partial charge in [-0.25, -0.2) is 9.97 Å². The van der Waals surface area contributed by atoms with Crippen LogP contribution in [0.4, 0.5) is 5.13 Å². The molecule has 6 rings (SSSR count). The number of halogens is 1. The average molecular weight is 557 g/mol. The number of aromatic nitrogens is 3. The molecule has 1 amide bonds. The number of carbonyl (C=O) groups excluding carboxylic acids is 1. The molecule has 0 aliphatic heterocycles. The van der Waals surface area contributed by atoms with Crippen LogP contribution in [0.2, 0.25) is 0 Å². The highest BCUT2D eigenvalue weighted by molar-refractivity contribution is 9.10. The number of benzene rings is 2. The first-order chi connectivity index (χ1) is 17.2. The Bertz CT molecular complexity index is 1670. The van der Waals surface area contributed by atoms with Gasteiger partial charge in [0.15, 0.2) is 5.13 Å². The second-order valence-corrected chi connectivity index (χ2v) is 10.7. The van der Waals surface area contributed by atoms with Crippen LogP contribution in [0.5, 0.6) is 0 Å². The van der Waals surface area contributed by atoms with Gasteiger partial charge in [0, 0.05) is 16.1 Å². The number of nitrogens with zero attached hydrogens (tertiary/aromatic N) is 4. The molecular weight excluding hydrogens is 540 g/mol. The molecule has 2 aromatic carbocycles. The minimum Gasteiger partial charge on any atom is -0.278 e. The molecular formula is C27H17BrN4OS2. The van der Waals surface area contributed by atoms with Crippen molar-refractivity contribution in [1.82, 2.24) is 15.0 Å². The third-order valence-electron chi connectivity index (χ3n) is 5.58. The summed E-state index contributed by atoms with van der Waals surface area (Å²) >= 11 is 6.63. The van der Waals surface area contributed by atoms with E-state index in [0.29, 0.717) is 17.2 Å². The van der Waals surface area contributed by atoms with Gasteiger partial charge in [0.25, 0.3) is 5.91 Å². The first-order valence-corrected chi connectivity index (χ1v) is 13.4. The van der Waals surface area contributed by atoms with Gasteiger partial charge in [-0.2, -0.15) is 0 Å². The zero-order valence-corrected chi connectivity index (χ0v) is 21.5. The van der Waals surface area contributed by atoms with Crippen LogP contribution in [-0.2, 0) is 6.54 Å². The molecule has 0 radical (unpaired) electrons. The Morgan fingerprint density at radius 1 is 0.914 bits per heavy atom. The smallest absolute Gasteiger partial charge is 0.261 e. The van der Waals surface area contributed by atoms with Crippen molar-refractivity contribution in [2.45, 2.75) is 6.54 Å². The van der Waals surface area contributed by atoms with Gasteiger partial charge < -0.3 is 0 Å². The SMILES string of the molecule is O=C(c1cc(-c2cccs2)nc2ccccc12)N(Cc1ccccn1)c1nc2ccc(Br)cc2s1. The molecule has 35 heavy (non-hydrogen) atoms. The molecule has 0 unspecified atom stereocenters. The summed E-state index contributed by atoms with van der Waals surface area (Å²) in [5, 5.41) is 3.46. The highest BCUT2D eigenvalue weighted by Crippen LogP contribution is 2.34. The van der Waals surface area contributed by atoms with Crippen LogP contribution in [0.25, 0.3) is 31.7 Å². The quantitative estimate of drug-likeness (QED) is 0.219. The van der Waals surface area contributed by atoms with Gasteiger partial charge in [-0.1, -0.05) is 57.6 Å². The van der Waals surface area contributed by atoms with E-state index in [9.17, 15) is 4.79 Å². The van der Waals surface area contributed by atoms with Crippen LogP contribution in [0, 0.1) is 0 Å². The van der Waals surface area contributed by atoms with Crippen molar-refractivity contribution in [1.29, 1.82) is 0 Å². The number of hydrogen-bond acceptors (Lipinski definition) is 6. The monoisotopic (exact) mass is 556 g/mol. The Morgan fingerprint density at radius 2 is 1.80 bits per heavy atom. The Kier molecular flexibility index (Phi) is 5.85. The molecule has 0 fully saturated rings. The van der Waals surface area contributed by atoms with E-state index in [0.717, 1.165) is 41.9 Å². The summed E-state index contributed by atoms with van der Waals surface area (Å²) in [7, 11) is 0. The molecule has 4 aromatic heterocycles. The third-order valence-corrected chi connectivity index (χ3v) is 8.01. The minimum atomic E-state index is -0.134. The fourth-order valence-electron chi connectivity index (χ4n) is 3.93. The molecule has 6 aromatic rings. The maximum Gasteiger partial charge on any atom is 0.261 e. The molecule has 4 heterocycles. The van der Waals surface area contributed by atoms with E-state index in [1.165, 1.54) is 11.3 Å². The maximum absolute atomic E-state index is 14.3. The molecule has 8 heteroatoms. The summed E-state index contributed by atoms with van der Waals surface area (Å²) in [6.45, 7) is 0.311. The Balaban J connectivity index is 1.52. The predicted molar refractivity (Wildman–Crippen MR) is 147 cm³/mol. The topological polar surface area (TPSA) is 59.0 Å².